The Hall–Kier alpha value is -5.00. The minimum Gasteiger partial charge on any atom is -0.497 e. The number of hydrogen-bond donors (Lipinski definition) is 1. The van der Waals surface area contributed by atoms with E-state index in [-0.39, 0.29) is 11.6 Å². The average Bonchev–Trinajstić information content (AvgIpc) is 3.38. The van der Waals surface area contributed by atoms with Crippen LogP contribution in [-0.2, 0) is 17.8 Å². The van der Waals surface area contributed by atoms with Gasteiger partial charge >= 0.3 is 0 Å². The van der Waals surface area contributed by atoms with E-state index in [1.165, 1.54) is 12.1 Å². The summed E-state index contributed by atoms with van der Waals surface area (Å²) >= 11 is 0. The fraction of sp³-hybridized carbons (Fsp3) is 0.286. The first kappa shape index (κ1) is 26.6. The number of piperazine rings is 1. The van der Waals surface area contributed by atoms with E-state index >= 15 is 0 Å². The van der Waals surface area contributed by atoms with Gasteiger partial charge in [0.25, 0.3) is 5.69 Å². The number of methoxy groups -OCH3 is 1. The third kappa shape index (κ3) is 5.85. The second kappa shape index (κ2) is 11.8. The van der Waals surface area contributed by atoms with Crippen LogP contribution >= 0.6 is 0 Å². The molecule has 206 valence electrons. The molecule has 5 rings (SSSR count). The van der Waals surface area contributed by atoms with E-state index < -0.39 is 4.92 Å². The molecule has 2 aromatic carbocycles. The number of nitrogens with zero attached hydrogens (tertiary/aromatic N) is 7. The summed E-state index contributed by atoms with van der Waals surface area (Å²) in [5.41, 5.74) is 3.11. The molecule has 1 N–H and O–H groups in total. The molecule has 0 bridgehead atoms. The molecular formula is C28H30N8O4. The number of nitro groups is 1. The zero-order chi connectivity index (χ0) is 28.1. The van der Waals surface area contributed by atoms with Crippen LogP contribution in [0.5, 0.6) is 5.75 Å². The average molecular weight is 543 g/mol. The smallest absolute Gasteiger partial charge is 0.269 e. The third-order valence-electron chi connectivity index (χ3n) is 6.77. The van der Waals surface area contributed by atoms with Crippen molar-refractivity contribution in [3.63, 3.8) is 0 Å². The summed E-state index contributed by atoms with van der Waals surface area (Å²) in [6.45, 7) is 7.02. The van der Waals surface area contributed by atoms with Crippen LogP contribution < -0.4 is 15.0 Å². The number of rotatable bonds is 10. The van der Waals surface area contributed by atoms with E-state index in [1.54, 1.807) is 31.6 Å². The summed E-state index contributed by atoms with van der Waals surface area (Å²) in [5, 5.41) is 14.3. The summed E-state index contributed by atoms with van der Waals surface area (Å²) in [5.74, 6) is 1.94. The van der Waals surface area contributed by atoms with Crippen LogP contribution in [0, 0.1) is 10.1 Å². The molecule has 3 heterocycles. The second-order valence-electron chi connectivity index (χ2n) is 9.41. The Morgan fingerprint density at radius 1 is 1.12 bits per heavy atom. The van der Waals surface area contributed by atoms with Gasteiger partial charge in [-0.3, -0.25) is 14.9 Å². The lowest BCUT2D eigenvalue weighted by Gasteiger charge is -2.35. The molecule has 1 saturated heterocycles. The lowest BCUT2D eigenvalue weighted by Crippen LogP contribution is -2.49. The fourth-order valence-electron chi connectivity index (χ4n) is 4.63. The van der Waals surface area contributed by atoms with Crippen LogP contribution in [0.15, 0.2) is 67.5 Å². The molecule has 1 aliphatic rings. The van der Waals surface area contributed by atoms with Gasteiger partial charge in [-0.15, -0.1) is 6.58 Å². The highest BCUT2D eigenvalue weighted by Crippen LogP contribution is 2.25. The van der Waals surface area contributed by atoms with Crippen molar-refractivity contribution in [1.82, 2.24) is 24.4 Å². The number of carbonyl (C=O) groups is 1. The maximum absolute atomic E-state index is 13.0. The van der Waals surface area contributed by atoms with Crippen molar-refractivity contribution in [2.24, 2.45) is 0 Å². The fourth-order valence-corrected chi connectivity index (χ4v) is 4.63. The molecule has 4 aromatic rings. The van der Waals surface area contributed by atoms with Crippen LogP contribution in [-0.4, -0.2) is 75.1 Å². The molecule has 1 amide bonds. The van der Waals surface area contributed by atoms with Crippen LogP contribution in [0.1, 0.15) is 11.1 Å². The molecule has 0 spiro atoms. The van der Waals surface area contributed by atoms with Crippen molar-refractivity contribution in [3.05, 3.63) is 88.8 Å². The van der Waals surface area contributed by atoms with Gasteiger partial charge in [0, 0.05) is 44.9 Å². The summed E-state index contributed by atoms with van der Waals surface area (Å²) in [6, 6.07) is 14.0. The summed E-state index contributed by atoms with van der Waals surface area (Å²) in [6.07, 6.45) is 3.75. The number of fused-ring (bicyclic) bond motifs is 1. The lowest BCUT2D eigenvalue weighted by atomic mass is 10.1. The summed E-state index contributed by atoms with van der Waals surface area (Å²) < 4.78 is 7.17. The number of nitrogens with one attached hydrogen (secondary N) is 1. The van der Waals surface area contributed by atoms with Gasteiger partial charge in [-0.1, -0.05) is 30.3 Å². The van der Waals surface area contributed by atoms with Gasteiger partial charge in [0.1, 0.15) is 5.75 Å². The Bertz CT molecular complexity index is 1530. The number of anilines is 2. The number of carbonyl (C=O) groups excluding carboxylic acids is 1. The molecule has 1 aliphatic heterocycles. The summed E-state index contributed by atoms with van der Waals surface area (Å²) in [7, 11) is 1.61. The highest BCUT2D eigenvalue weighted by Gasteiger charge is 2.24. The van der Waals surface area contributed by atoms with E-state index in [4.69, 9.17) is 14.7 Å². The highest BCUT2D eigenvalue weighted by molar-refractivity contribution is 5.84. The number of benzene rings is 2. The minimum absolute atomic E-state index is 0.0425. The molecule has 0 atom stereocenters. The van der Waals surface area contributed by atoms with Crippen molar-refractivity contribution in [2.75, 3.05) is 50.1 Å². The van der Waals surface area contributed by atoms with E-state index in [0.717, 1.165) is 16.9 Å². The normalized spacial score (nSPS) is 13.3. The van der Waals surface area contributed by atoms with E-state index in [1.807, 2.05) is 33.7 Å². The van der Waals surface area contributed by atoms with Crippen LogP contribution in [0.25, 0.3) is 11.2 Å². The molecule has 0 aliphatic carbocycles. The lowest BCUT2D eigenvalue weighted by molar-refractivity contribution is -0.384. The van der Waals surface area contributed by atoms with Crippen molar-refractivity contribution >= 4 is 34.5 Å². The second-order valence-corrected chi connectivity index (χ2v) is 9.41. The standard InChI is InChI=1S/C28H30N8O4/c1-3-11-29-26-25-27(35(19-30-25)18-20-7-9-22(10-8-20)36(38)39)32-28(31-26)34-14-12-33(13-15-34)24(37)17-21-5-4-6-23(16-21)40-2/h3-10,16,19H,1,11-15,17-18H2,2H3,(H,29,31,32). The molecule has 12 nitrogen and oxygen atoms in total. The van der Waals surface area contributed by atoms with Gasteiger partial charge in [-0.2, -0.15) is 9.97 Å². The van der Waals surface area contributed by atoms with Crippen molar-refractivity contribution in [2.45, 2.75) is 13.0 Å². The predicted octanol–water partition coefficient (Wildman–Crippen LogP) is 3.28. The number of ether oxygens (including phenoxy) is 1. The number of amides is 1. The van der Waals surface area contributed by atoms with Gasteiger partial charge in [-0.25, -0.2) is 4.98 Å². The first-order chi connectivity index (χ1) is 19.4. The molecule has 12 heteroatoms. The van der Waals surface area contributed by atoms with Crippen LogP contribution in [0.4, 0.5) is 17.5 Å². The van der Waals surface area contributed by atoms with Gasteiger partial charge in [-0.05, 0) is 23.3 Å². The molecular weight excluding hydrogens is 512 g/mol. The molecule has 1 fully saturated rings. The van der Waals surface area contributed by atoms with E-state index in [0.29, 0.717) is 68.6 Å². The third-order valence-corrected chi connectivity index (χ3v) is 6.77. The topological polar surface area (TPSA) is 132 Å². The van der Waals surface area contributed by atoms with Crippen LogP contribution in [0.3, 0.4) is 0 Å². The molecule has 0 unspecified atom stereocenters. The zero-order valence-corrected chi connectivity index (χ0v) is 22.2. The maximum atomic E-state index is 13.0. The number of non-ortho nitro benzene ring substituents is 1. The van der Waals surface area contributed by atoms with Crippen LogP contribution in [0.2, 0.25) is 0 Å². The quantitative estimate of drug-likeness (QED) is 0.182. The number of nitro benzene ring substituents is 1. The van der Waals surface area contributed by atoms with Gasteiger partial charge in [0.2, 0.25) is 11.9 Å². The summed E-state index contributed by atoms with van der Waals surface area (Å²) in [4.78, 5) is 41.6. The molecule has 2 aromatic heterocycles. The Kier molecular flexibility index (Phi) is 7.85. The molecule has 0 radical (unpaired) electrons. The van der Waals surface area contributed by atoms with Gasteiger partial charge in [0.15, 0.2) is 17.0 Å². The van der Waals surface area contributed by atoms with Crippen molar-refractivity contribution < 1.29 is 14.5 Å². The van der Waals surface area contributed by atoms with Gasteiger partial charge < -0.3 is 24.4 Å². The van der Waals surface area contributed by atoms with Crippen molar-refractivity contribution in [1.29, 1.82) is 0 Å². The number of hydrogen-bond acceptors (Lipinski definition) is 9. The Morgan fingerprint density at radius 3 is 2.60 bits per heavy atom. The number of aromatic nitrogens is 4. The maximum Gasteiger partial charge on any atom is 0.269 e. The van der Waals surface area contributed by atoms with Gasteiger partial charge in [0.05, 0.1) is 31.3 Å². The van der Waals surface area contributed by atoms with Crippen molar-refractivity contribution in [3.8, 4) is 5.75 Å². The van der Waals surface area contributed by atoms with E-state index in [9.17, 15) is 14.9 Å². The monoisotopic (exact) mass is 542 g/mol. The predicted molar refractivity (Wildman–Crippen MR) is 152 cm³/mol. The Balaban J connectivity index is 1.33. The number of imidazole rings is 1. The SMILES string of the molecule is C=CCNc1nc(N2CCN(C(=O)Cc3cccc(OC)c3)CC2)nc2c1ncn2Cc1ccc([N+](=O)[O-])cc1. The zero-order valence-electron chi connectivity index (χ0n) is 22.2. The highest BCUT2D eigenvalue weighted by atomic mass is 16.6. The van der Waals surface area contributed by atoms with E-state index in [2.05, 4.69) is 21.8 Å². The first-order valence-electron chi connectivity index (χ1n) is 12.9. The largest absolute Gasteiger partial charge is 0.497 e. The Labute approximate surface area is 231 Å². The first-order valence-corrected chi connectivity index (χ1v) is 12.9. The molecule has 0 saturated carbocycles. The molecule has 40 heavy (non-hydrogen) atoms. The minimum atomic E-state index is -0.417. The Morgan fingerprint density at radius 2 is 1.90 bits per heavy atom.